The van der Waals surface area contributed by atoms with Gasteiger partial charge in [0.2, 0.25) is 11.9 Å². The van der Waals surface area contributed by atoms with Gasteiger partial charge in [0.1, 0.15) is 0 Å². The molecule has 116 valence electrons. The maximum absolute atomic E-state index is 14.1. The van der Waals surface area contributed by atoms with Crippen molar-refractivity contribution in [3.63, 3.8) is 0 Å². The molecule has 0 unspecified atom stereocenters. The van der Waals surface area contributed by atoms with Crippen LogP contribution in [0.25, 0.3) is 0 Å². The van der Waals surface area contributed by atoms with Crippen LogP contribution >= 0.6 is 0 Å². The third-order valence-electron chi connectivity index (χ3n) is 3.86. The zero-order valence-corrected chi connectivity index (χ0v) is 12.8. The number of fused-ring (bicyclic) bond motifs is 1. The summed E-state index contributed by atoms with van der Waals surface area (Å²) in [5.74, 6) is 0.406. The summed E-state index contributed by atoms with van der Waals surface area (Å²) in [6.07, 6.45) is 3.16. The average molecular weight is 301 g/mol. The first-order valence-corrected chi connectivity index (χ1v) is 7.49. The van der Waals surface area contributed by atoms with E-state index < -0.39 is 5.67 Å². The molecule has 0 fully saturated rings. The molecule has 1 aromatic carbocycles. The van der Waals surface area contributed by atoms with Crippen LogP contribution in [0.2, 0.25) is 0 Å². The lowest BCUT2D eigenvalue weighted by atomic mass is 9.88. The molecule has 0 radical (unpaired) electrons. The number of hydrogen-bond donors (Lipinski definition) is 2. The first-order valence-electron chi connectivity index (χ1n) is 7.49. The highest BCUT2D eigenvalue weighted by Gasteiger charge is 2.26. The number of rotatable bonds is 3. The molecule has 0 spiro atoms. The molecule has 2 aromatic rings. The second-order valence-electron chi connectivity index (χ2n) is 6.10. The second kappa shape index (κ2) is 5.51. The first kappa shape index (κ1) is 14.7. The summed E-state index contributed by atoms with van der Waals surface area (Å²) in [6.45, 7) is 2.81. The maximum Gasteiger partial charge on any atom is 0.228 e. The van der Waals surface area contributed by atoms with Gasteiger partial charge < -0.3 is 11.1 Å². The Morgan fingerprint density at radius 2 is 2.00 bits per heavy atom. The van der Waals surface area contributed by atoms with Gasteiger partial charge in [-0.15, -0.1) is 0 Å². The van der Waals surface area contributed by atoms with E-state index in [1.807, 2.05) is 12.1 Å². The van der Waals surface area contributed by atoms with Crippen LogP contribution in [0.15, 0.2) is 24.3 Å². The first-order chi connectivity index (χ1) is 10.4. The van der Waals surface area contributed by atoms with Crippen LogP contribution < -0.4 is 11.1 Å². The van der Waals surface area contributed by atoms with Gasteiger partial charge in [-0.2, -0.15) is 15.0 Å². The van der Waals surface area contributed by atoms with E-state index >= 15 is 0 Å². The zero-order valence-electron chi connectivity index (χ0n) is 12.8. The van der Waals surface area contributed by atoms with Gasteiger partial charge >= 0.3 is 0 Å². The van der Waals surface area contributed by atoms with Gasteiger partial charge in [0, 0.05) is 0 Å². The quantitative estimate of drug-likeness (QED) is 0.910. The smallest absolute Gasteiger partial charge is 0.228 e. The number of anilines is 2. The lowest BCUT2D eigenvalue weighted by Gasteiger charge is -2.26. The summed E-state index contributed by atoms with van der Waals surface area (Å²) < 4.78 is 14.1. The number of halogens is 1. The van der Waals surface area contributed by atoms with Gasteiger partial charge in [-0.1, -0.05) is 24.3 Å². The van der Waals surface area contributed by atoms with E-state index in [-0.39, 0.29) is 17.8 Å². The molecule has 1 atom stereocenters. The summed E-state index contributed by atoms with van der Waals surface area (Å²) in [7, 11) is 0. The fourth-order valence-electron chi connectivity index (χ4n) is 2.78. The van der Waals surface area contributed by atoms with Crippen molar-refractivity contribution in [2.24, 2.45) is 0 Å². The largest absolute Gasteiger partial charge is 0.368 e. The zero-order chi connectivity index (χ0) is 15.7. The average Bonchev–Trinajstić information content (AvgIpc) is 2.46. The fourth-order valence-corrected chi connectivity index (χ4v) is 2.78. The number of aromatic nitrogens is 3. The van der Waals surface area contributed by atoms with Crippen LogP contribution in [-0.2, 0) is 12.1 Å². The van der Waals surface area contributed by atoms with Gasteiger partial charge in [0.25, 0.3) is 0 Å². The van der Waals surface area contributed by atoms with Gasteiger partial charge in [0.05, 0.1) is 6.04 Å². The molecular weight excluding hydrogens is 281 g/mol. The molecule has 1 heterocycles. The highest BCUT2D eigenvalue weighted by molar-refractivity contribution is 5.40. The molecule has 6 heteroatoms. The number of nitrogens with zero attached hydrogens (tertiary/aromatic N) is 3. The number of hydrogen-bond acceptors (Lipinski definition) is 5. The highest BCUT2D eigenvalue weighted by Crippen LogP contribution is 2.32. The summed E-state index contributed by atoms with van der Waals surface area (Å²) in [6, 6.07) is 8.43. The Morgan fingerprint density at radius 3 is 2.77 bits per heavy atom. The molecule has 1 aliphatic rings. The standard InChI is InChI=1S/C16H20FN5/c1-16(2,17)13-20-14(18)22-15(21-13)19-12-9-5-7-10-6-3-4-8-11(10)12/h3-4,6,8,12H,5,7,9H2,1-2H3,(H3,18,19,20,21,22)/t12-/m0/s1. The van der Waals surface area contributed by atoms with Gasteiger partial charge in [0.15, 0.2) is 11.5 Å². The number of nitrogen functional groups attached to an aromatic ring is 1. The van der Waals surface area contributed by atoms with Crippen molar-refractivity contribution < 1.29 is 4.39 Å². The van der Waals surface area contributed by atoms with Crippen molar-refractivity contribution in [1.29, 1.82) is 0 Å². The number of benzene rings is 1. The molecule has 0 amide bonds. The van der Waals surface area contributed by atoms with E-state index in [1.165, 1.54) is 25.0 Å². The summed E-state index contributed by atoms with van der Waals surface area (Å²) in [5.41, 5.74) is 6.61. The monoisotopic (exact) mass is 301 g/mol. The number of nitrogens with two attached hydrogens (primary N) is 1. The molecular formula is C16H20FN5. The van der Waals surface area contributed by atoms with Gasteiger partial charge in [-0.05, 0) is 44.2 Å². The minimum atomic E-state index is -1.65. The van der Waals surface area contributed by atoms with Crippen molar-refractivity contribution in [2.75, 3.05) is 11.1 Å². The van der Waals surface area contributed by atoms with Crippen molar-refractivity contribution >= 4 is 11.9 Å². The van der Waals surface area contributed by atoms with E-state index in [2.05, 4.69) is 32.4 Å². The molecule has 1 aromatic heterocycles. The van der Waals surface area contributed by atoms with Gasteiger partial charge in [-0.3, -0.25) is 0 Å². The lowest BCUT2D eigenvalue weighted by molar-refractivity contribution is 0.206. The van der Waals surface area contributed by atoms with E-state index in [0.717, 1.165) is 19.3 Å². The van der Waals surface area contributed by atoms with Crippen molar-refractivity contribution in [3.05, 3.63) is 41.2 Å². The van der Waals surface area contributed by atoms with Crippen molar-refractivity contribution in [2.45, 2.75) is 44.8 Å². The van der Waals surface area contributed by atoms with Crippen LogP contribution in [0, 0.1) is 0 Å². The third kappa shape index (κ3) is 3.00. The van der Waals surface area contributed by atoms with Crippen molar-refractivity contribution in [1.82, 2.24) is 15.0 Å². The summed E-state index contributed by atoms with van der Waals surface area (Å²) in [4.78, 5) is 12.2. The van der Waals surface area contributed by atoms with Crippen molar-refractivity contribution in [3.8, 4) is 0 Å². The number of aryl methyl sites for hydroxylation is 1. The Labute approximate surface area is 129 Å². The van der Waals surface area contributed by atoms with E-state index in [1.54, 1.807) is 0 Å². The van der Waals surface area contributed by atoms with Crippen LogP contribution in [0.4, 0.5) is 16.3 Å². The maximum atomic E-state index is 14.1. The highest BCUT2D eigenvalue weighted by atomic mass is 19.1. The van der Waals surface area contributed by atoms with E-state index in [4.69, 9.17) is 5.73 Å². The lowest BCUT2D eigenvalue weighted by Crippen LogP contribution is -2.22. The molecule has 0 aliphatic heterocycles. The van der Waals surface area contributed by atoms with E-state index in [0.29, 0.717) is 5.95 Å². The Bertz CT molecular complexity index is 680. The topological polar surface area (TPSA) is 76.7 Å². The minimum Gasteiger partial charge on any atom is -0.368 e. The predicted octanol–water partition coefficient (Wildman–Crippen LogP) is 3.15. The Kier molecular flexibility index (Phi) is 3.68. The minimum absolute atomic E-state index is 0.0299. The molecule has 3 rings (SSSR count). The summed E-state index contributed by atoms with van der Waals surface area (Å²) >= 11 is 0. The molecule has 1 aliphatic carbocycles. The van der Waals surface area contributed by atoms with E-state index in [9.17, 15) is 4.39 Å². The summed E-state index contributed by atoms with van der Waals surface area (Å²) in [5, 5.41) is 3.28. The second-order valence-corrected chi connectivity index (χ2v) is 6.10. The Hall–Kier alpha value is -2.24. The van der Waals surface area contributed by atoms with Gasteiger partial charge in [-0.25, -0.2) is 4.39 Å². The fraction of sp³-hybridized carbons (Fsp3) is 0.438. The van der Waals surface area contributed by atoms with Crippen LogP contribution in [0.5, 0.6) is 0 Å². The molecule has 3 N–H and O–H groups in total. The molecule has 0 saturated heterocycles. The van der Waals surface area contributed by atoms with Crippen LogP contribution in [-0.4, -0.2) is 15.0 Å². The normalized spacial score (nSPS) is 17.9. The molecule has 0 bridgehead atoms. The number of alkyl halides is 1. The predicted molar refractivity (Wildman–Crippen MR) is 84.1 cm³/mol. The third-order valence-corrected chi connectivity index (χ3v) is 3.86. The number of nitrogens with one attached hydrogen (secondary N) is 1. The Balaban J connectivity index is 1.90. The van der Waals surface area contributed by atoms with Crippen LogP contribution in [0.3, 0.4) is 0 Å². The van der Waals surface area contributed by atoms with Crippen LogP contribution in [0.1, 0.15) is 49.7 Å². The molecule has 0 saturated carbocycles. The molecule has 5 nitrogen and oxygen atoms in total. The molecule has 22 heavy (non-hydrogen) atoms. The Morgan fingerprint density at radius 1 is 1.23 bits per heavy atom. The SMILES string of the molecule is CC(C)(F)c1nc(N)nc(N[C@H]2CCCc3ccccc32)n1.